The highest BCUT2D eigenvalue weighted by Gasteiger charge is 2.19. The average Bonchev–Trinajstić information content (AvgIpc) is 3.40. The molecule has 0 atom stereocenters. The number of hydrogen-bond acceptors (Lipinski definition) is 5. The Labute approximate surface area is 164 Å². The molecule has 4 heterocycles. The first-order valence-corrected chi connectivity index (χ1v) is 9.28. The molecule has 1 aromatic carbocycles. The molecule has 9 heteroatoms. The molecule has 4 aromatic rings. The zero-order chi connectivity index (χ0) is 19.8. The molecule has 0 saturated heterocycles. The van der Waals surface area contributed by atoms with Gasteiger partial charge in [0.1, 0.15) is 17.8 Å². The Morgan fingerprint density at radius 2 is 2.21 bits per heavy atom. The molecule has 0 radical (unpaired) electrons. The third-order valence-corrected chi connectivity index (χ3v) is 5.15. The van der Waals surface area contributed by atoms with Gasteiger partial charge in [0.25, 0.3) is 5.91 Å². The largest absolute Gasteiger partial charge is 0.340 e. The van der Waals surface area contributed by atoms with Crippen LogP contribution in [0, 0.1) is 0 Å². The molecule has 146 valence electrons. The molecule has 5 rings (SSSR count). The second kappa shape index (κ2) is 7.01. The molecule has 3 N–H and O–H groups in total. The van der Waals surface area contributed by atoms with Gasteiger partial charge in [-0.05, 0) is 36.3 Å². The number of benzene rings is 1. The number of carbonyl (C=O) groups is 1. The number of fused-ring (bicyclic) bond motifs is 2. The Morgan fingerprint density at radius 3 is 3.03 bits per heavy atom. The topological polar surface area (TPSA) is 103 Å². The van der Waals surface area contributed by atoms with E-state index in [1.165, 1.54) is 11.2 Å². The van der Waals surface area contributed by atoms with Crippen molar-refractivity contribution in [3.8, 4) is 0 Å². The number of anilines is 2. The predicted octanol–water partition coefficient (Wildman–Crippen LogP) is 3.16. The number of nitrogens with one attached hydrogen (secondary N) is 3. The van der Waals surface area contributed by atoms with Gasteiger partial charge in [0, 0.05) is 29.9 Å². The van der Waals surface area contributed by atoms with E-state index >= 15 is 0 Å². The standard InChI is InChI=1S/C20H18FN7O/c21-9-18(29)28-5-3-12(4-6-28)17-8-15-19(22-11-23-20(15)26-17)25-14-1-2-16-13(7-14)10-24-27-16/h1-3,7-8,10-11H,4-6,9H2,(H,24,27)(H2,22,23,25,26). The maximum Gasteiger partial charge on any atom is 0.254 e. The lowest BCUT2D eigenvalue weighted by molar-refractivity contribution is -0.131. The van der Waals surface area contributed by atoms with Gasteiger partial charge in [-0.2, -0.15) is 5.10 Å². The lowest BCUT2D eigenvalue weighted by Gasteiger charge is -2.25. The second-order valence-corrected chi connectivity index (χ2v) is 6.92. The summed E-state index contributed by atoms with van der Waals surface area (Å²) in [6.07, 6.45) is 5.90. The zero-order valence-electron chi connectivity index (χ0n) is 15.4. The van der Waals surface area contributed by atoms with Gasteiger partial charge in [-0.15, -0.1) is 0 Å². The first kappa shape index (κ1) is 17.4. The molecule has 0 fully saturated rings. The average molecular weight is 391 g/mol. The van der Waals surface area contributed by atoms with Crippen molar-refractivity contribution in [3.63, 3.8) is 0 Å². The Balaban J connectivity index is 1.44. The van der Waals surface area contributed by atoms with Crippen molar-refractivity contribution >= 4 is 44.9 Å². The second-order valence-electron chi connectivity index (χ2n) is 6.92. The number of H-pyrrole nitrogens is 2. The van der Waals surface area contributed by atoms with E-state index in [4.69, 9.17) is 0 Å². The molecule has 0 unspecified atom stereocenters. The Hall–Kier alpha value is -3.75. The van der Waals surface area contributed by atoms with Crippen LogP contribution in [0.3, 0.4) is 0 Å². The lowest BCUT2D eigenvalue weighted by atomic mass is 10.0. The van der Waals surface area contributed by atoms with Crippen LogP contribution in [0.2, 0.25) is 0 Å². The van der Waals surface area contributed by atoms with Gasteiger partial charge in [-0.25, -0.2) is 14.4 Å². The van der Waals surface area contributed by atoms with Gasteiger partial charge in [0.15, 0.2) is 6.67 Å². The van der Waals surface area contributed by atoms with Crippen molar-refractivity contribution in [1.82, 2.24) is 30.0 Å². The van der Waals surface area contributed by atoms with Crippen LogP contribution in [-0.2, 0) is 4.79 Å². The number of amides is 1. The molecule has 0 bridgehead atoms. The third kappa shape index (κ3) is 3.20. The molecule has 29 heavy (non-hydrogen) atoms. The summed E-state index contributed by atoms with van der Waals surface area (Å²) in [6.45, 7) is -0.0365. The molecule has 8 nitrogen and oxygen atoms in total. The number of rotatable bonds is 4. The highest BCUT2D eigenvalue weighted by atomic mass is 19.1. The van der Waals surface area contributed by atoms with E-state index in [9.17, 15) is 9.18 Å². The van der Waals surface area contributed by atoms with Gasteiger partial charge in [-0.3, -0.25) is 9.89 Å². The van der Waals surface area contributed by atoms with E-state index in [1.807, 2.05) is 30.3 Å². The third-order valence-electron chi connectivity index (χ3n) is 5.15. The van der Waals surface area contributed by atoms with Crippen LogP contribution in [0.15, 0.2) is 42.9 Å². The summed E-state index contributed by atoms with van der Waals surface area (Å²) < 4.78 is 12.6. The first-order chi connectivity index (χ1) is 14.2. The van der Waals surface area contributed by atoms with E-state index in [0.29, 0.717) is 25.3 Å². The van der Waals surface area contributed by atoms with Crippen LogP contribution in [0.1, 0.15) is 12.1 Å². The van der Waals surface area contributed by atoms with E-state index in [1.54, 1.807) is 6.20 Å². The summed E-state index contributed by atoms with van der Waals surface area (Å²) in [5.41, 5.74) is 4.61. The zero-order valence-corrected chi connectivity index (χ0v) is 15.4. The Bertz CT molecular complexity index is 1240. The molecular formula is C20H18FN7O. The predicted molar refractivity (Wildman–Crippen MR) is 108 cm³/mol. The minimum absolute atomic E-state index is 0.412. The van der Waals surface area contributed by atoms with Gasteiger partial charge in [0.05, 0.1) is 17.1 Å². The highest BCUT2D eigenvalue weighted by Crippen LogP contribution is 2.29. The van der Waals surface area contributed by atoms with Crippen LogP contribution in [0.25, 0.3) is 27.5 Å². The van der Waals surface area contributed by atoms with Gasteiger partial charge < -0.3 is 15.2 Å². The van der Waals surface area contributed by atoms with E-state index in [-0.39, 0.29) is 0 Å². The molecule has 1 aliphatic heterocycles. The number of aromatic amines is 2. The molecule has 1 amide bonds. The normalized spacial score (nSPS) is 14.4. The molecule has 0 spiro atoms. The summed E-state index contributed by atoms with van der Waals surface area (Å²) in [7, 11) is 0. The van der Waals surface area contributed by atoms with Crippen molar-refractivity contribution in [2.24, 2.45) is 0 Å². The maximum absolute atomic E-state index is 12.6. The summed E-state index contributed by atoms with van der Waals surface area (Å²) in [5.74, 6) is 0.231. The van der Waals surface area contributed by atoms with Crippen LogP contribution >= 0.6 is 0 Å². The van der Waals surface area contributed by atoms with Crippen molar-refractivity contribution in [3.05, 3.63) is 48.6 Å². The number of nitrogens with zero attached hydrogens (tertiary/aromatic N) is 4. The fourth-order valence-corrected chi connectivity index (χ4v) is 3.59. The summed E-state index contributed by atoms with van der Waals surface area (Å²) >= 11 is 0. The SMILES string of the molecule is O=C(CF)N1CC=C(c2cc3c(Nc4ccc5[nH]ncc5c4)ncnc3[nH]2)CC1. The lowest BCUT2D eigenvalue weighted by Crippen LogP contribution is -2.35. The molecule has 0 aliphatic carbocycles. The minimum atomic E-state index is -0.954. The van der Waals surface area contributed by atoms with Crippen molar-refractivity contribution < 1.29 is 9.18 Å². The monoisotopic (exact) mass is 391 g/mol. The number of aromatic nitrogens is 5. The number of carbonyl (C=O) groups excluding carboxylic acids is 1. The minimum Gasteiger partial charge on any atom is -0.340 e. The van der Waals surface area contributed by atoms with E-state index in [2.05, 4.69) is 30.5 Å². The van der Waals surface area contributed by atoms with E-state index in [0.717, 1.165) is 38.9 Å². The Kier molecular flexibility index (Phi) is 4.19. The Morgan fingerprint density at radius 1 is 1.28 bits per heavy atom. The molecular weight excluding hydrogens is 373 g/mol. The van der Waals surface area contributed by atoms with Crippen molar-refractivity contribution in [2.75, 3.05) is 25.1 Å². The molecule has 1 aliphatic rings. The fourth-order valence-electron chi connectivity index (χ4n) is 3.59. The number of halogens is 1. The van der Waals surface area contributed by atoms with Crippen molar-refractivity contribution in [1.29, 1.82) is 0 Å². The summed E-state index contributed by atoms with van der Waals surface area (Å²) in [4.78, 5) is 25.1. The molecule has 0 saturated carbocycles. The quantitative estimate of drug-likeness (QED) is 0.496. The molecule has 3 aromatic heterocycles. The van der Waals surface area contributed by atoms with Gasteiger partial charge >= 0.3 is 0 Å². The number of hydrogen-bond donors (Lipinski definition) is 3. The maximum atomic E-state index is 12.6. The van der Waals surface area contributed by atoms with Crippen LogP contribution in [-0.4, -0.2) is 55.7 Å². The van der Waals surface area contributed by atoms with Crippen LogP contribution in [0.4, 0.5) is 15.9 Å². The fraction of sp³-hybridized carbons (Fsp3) is 0.200. The van der Waals surface area contributed by atoms with E-state index < -0.39 is 12.6 Å². The van der Waals surface area contributed by atoms with Crippen molar-refractivity contribution in [2.45, 2.75) is 6.42 Å². The summed E-state index contributed by atoms with van der Waals surface area (Å²) in [5, 5.41) is 12.2. The highest BCUT2D eigenvalue weighted by molar-refractivity contribution is 5.93. The smallest absolute Gasteiger partial charge is 0.254 e. The van der Waals surface area contributed by atoms with Gasteiger partial charge in [-0.1, -0.05) is 6.08 Å². The summed E-state index contributed by atoms with van der Waals surface area (Å²) in [6, 6.07) is 7.93. The van der Waals surface area contributed by atoms with Gasteiger partial charge in [0.2, 0.25) is 0 Å². The van der Waals surface area contributed by atoms with Crippen LogP contribution < -0.4 is 5.32 Å². The first-order valence-electron chi connectivity index (χ1n) is 9.28. The number of alkyl halides is 1. The van der Waals surface area contributed by atoms with Crippen LogP contribution in [0.5, 0.6) is 0 Å².